The quantitative estimate of drug-likeness (QED) is 0.490. The van der Waals surface area contributed by atoms with Crippen molar-refractivity contribution in [3.63, 3.8) is 0 Å². The highest BCUT2D eigenvalue weighted by molar-refractivity contribution is 5.96. The highest BCUT2D eigenvalue weighted by Gasteiger charge is 2.17. The fourth-order valence-corrected chi connectivity index (χ4v) is 2.86. The molecule has 0 fully saturated rings. The molecule has 9 nitrogen and oxygen atoms in total. The van der Waals surface area contributed by atoms with E-state index in [-0.39, 0.29) is 25.6 Å². The topological polar surface area (TPSA) is 112 Å². The number of aromatic nitrogens is 2. The van der Waals surface area contributed by atoms with Crippen LogP contribution < -0.4 is 19.5 Å². The lowest BCUT2D eigenvalue weighted by molar-refractivity contribution is 0.104. The van der Waals surface area contributed by atoms with E-state index in [0.29, 0.717) is 40.5 Å². The molecular weight excluding hydrogens is 402 g/mol. The van der Waals surface area contributed by atoms with Crippen LogP contribution in [0.15, 0.2) is 36.5 Å². The zero-order chi connectivity index (χ0) is 22.2. The Kier molecular flexibility index (Phi) is 7.45. The zero-order valence-electron chi connectivity index (χ0n) is 17.7. The summed E-state index contributed by atoms with van der Waals surface area (Å²) in [5.41, 5.74) is 2.39. The predicted molar refractivity (Wildman–Crippen MR) is 115 cm³/mol. The number of benzene rings is 1. The highest BCUT2D eigenvalue weighted by atomic mass is 16.7. The molecule has 9 heteroatoms. The number of hydrogen-bond acceptors (Lipinski definition) is 9. The van der Waals surface area contributed by atoms with Gasteiger partial charge in [-0.05, 0) is 51.1 Å². The SMILES string of the molecule is CCOC(=O)Oc1cnc2nc(C)c(OCC)cc2c1Nc1ccc(OCCO)cc1. The number of nitrogens with zero attached hydrogens (tertiary/aromatic N) is 2. The molecule has 0 aliphatic carbocycles. The van der Waals surface area contributed by atoms with Crippen LogP contribution in [0, 0.1) is 6.92 Å². The van der Waals surface area contributed by atoms with Gasteiger partial charge in [-0.2, -0.15) is 0 Å². The molecule has 0 radical (unpaired) electrons. The van der Waals surface area contributed by atoms with Gasteiger partial charge >= 0.3 is 6.16 Å². The van der Waals surface area contributed by atoms with Gasteiger partial charge in [-0.3, -0.25) is 0 Å². The van der Waals surface area contributed by atoms with Crippen molar-refractivity contribution < 1.29 is 28.8 Å². The molecule has 3 aromatic rings. The van der Waals surface area contributed by atoms with Crippen LogP contribution in [0.25, 0.3) is 11.0 Å². The van der Waals surface area contributed by atoms with E-state index in [1.165, 1.54) is 6.20 Å². The van der Waals surface area contributed by atoms with Crippen molar-refractivity contribution in [3.8, 4) is 17.2 Å². The van der Waals surface area contributed by atoms with Crippen LogP contribution >= 0.6 is 0 Å². The average Bonchev–Trinajstić information content (AvgIpc) is 2.76. The summed E-state index contributed by atoms with van der Waals surface area (Å²) in [5.74, 6) is 1.43. The molecule has 2 N–H and O–H groups in total. The highest BCUT2D eigenvalue weighted by Crippen LogP contribution is 2.36. The molecule has 0 bridgehead atoms. The van der Waals surface area contributed by atoms with Gasteiger partial charge in [-0.15, -0.1) is 0 Å². The fourth-order valence-electron chi connectivity index (χ4n) is 2.86. The Bertz CT molecular complexity index is 1040. The maximum absolute atomic E-state index is 11.9. The van der Waals surface area contributed by atoms with E-state index < -0.39 is 6.16 Å². The Labute approximate surface area is 179 Å². The summed E-state index contributed by atoms with van der Waals surface area (Å²) in [4.78, 5) is 20.8. The number of carbonyl (C=O) groups is 1. The van der Waals surface area contributed by atoms with Crippen molar-refractivity contribution in [1.82, 2.24) is 9.97 Å². The van der Waals surface area contributed by atoms with Crippen molar-refractivity contribution in [2.45, 2.75) is 20.8 Å². The number of nitrogens with one attached hydrogen (secondary N) is 1. The molecule has 0 aliphatic heterocycles. The second kappa shape index (κ2) is 10.4. The van der Waals surface area contributed by atoms with Gasteiger partial charge in [0.15, 0.2) is 11.4 Å². The molecule has 2 aromatic heterocycles. The normalized spacial score (nSPS) is 10.6. The Morgan fingerprint density at radius 3 is 2.55 bits per heavy atom. The average molecular weight is 427 g/mol. The summed E-state index contributed by atoms with van der Waals surface area (Å²) in [6.07, 6.45) is 0.595. The number of hydrogen-bond donors (Lipinski definition) is 2. The van der Waals surface area contributed by atoms with Crippen molar-refractivity contribution in [2.24, 2.45) is 0 Å². The monoisotopic (exact) mass is 427 g/mol. The molecule has 0 unspecified atom stereocenters. The number of anilines is 2. The first-order valence-corrected chi connectivity index (χ1v) is 9.94. The van der Waals surface area contributed by atoms with Crippen LogP contribution in [-0.4, -0.2) is 47.7 Å². The number of ether oxygens (including phenoxy) is 4. The third-order valence-electron chi connectivity index (χ3n) is 4.21. The summed E-state index contributed by atoms with van der Waals surface area (Å²) in [6.45, 7) is 6.25. The first-order valence-electron chi connectivity index (χ1n) is 9.94. The minimum Gasteiger partial charge on any atom is -0.492 e. The van der Waals surface area contributed by atoms with Gasteiger partial charge in [0, 0.05) is 5.69 Å². The molecule has 1 aromatic carbocycles. The first kappa shape index (κ1) is 22.1. The van der Waals surface area contributed by atoms with Gasteiger partial charge < -0.3 is 29.4 Å². The summed E-state index contributed by atoms with van der Waals surface area (Å²) in [6, 6.07) is 8.95. The van der Waals surface area contributed by atoms with Crippen molar-refractivity contribution in [2.75, 3.05) is 31.7 Å². The molecule has 0 spiro atoms. The standard InChI is InChI=1S/C22H25N3O6/c1-4-28-18-12-17-20(25-15-6-8-16(9-7-15)30-11-10-26)19(31-22(27)29-5-2)13-23-21(17)24-14(18)3/h6-9,12-13,26H,4-5,10-11H2,1-3H3,(H,23,24,25). The van der Waals surface area contributed by atoms with E-state index in [1.807, 2.05) is 19.9 Å². The lowest BCUT2D eigenvalue weighted by Crippen LogP contribution is -2.12. The molecule has 0 saturated heterocycles. The zero-order valence-corrected chi connectivity index (χ0v) is 17.7. The number of fused-ring (bicyclic) bond motifs is 1. The number of aryl methyl sites for hydroxylation is 1. The van der Waals surface area contributed by atoms with E-state index >= 15 is 0 Å². The minimum atomic E-state index is -0.829. The van der Waals surface area contributed by atoms with Crippen molar-refractivity contribution >= 4 is 28.6 Å². The molecule has 31 heavy (non-hydrogen) atoms. The molecule has 2 heterocycles. The van der Waals surface area contributed by atoms with E-state index in [1.54, 1.807) is 31.2 Å². The molecule has 164 valence electrons. The van der Waals surface area contributed by atoms with Crippen LogP contribution in [0.2, 0.25) is 0 Å². The molecule has 0 saturated carbocycles. The Hall–Kier alpha value is -3.59. The summed E-state index contributed by atoms with van der Waals surface area (Å²) in [5, 5.41) is 12.8. The Morgan fingerprint density at radius 2 is 1.87 bits per heavy atom. The summed E-state index contributed by atoms with van der Waals surface area (Å²) in [7, 11) is 0. The largest absolute Gasteiger partial charge is 0.513 e. The first-order chi connectivity index (χ1) is 15.0. The smallest absolute Gasteiger partial charge is 0.492 e. The number of rotatable bonds is 9. The summed E-state index contributed by atoms with van der Waals surface area (Å²) >= 11 is 0. The van der Waals surface area contributed by atoms with E-state index in [0.717, 1.165) is 5.69 Å². The number of aliphatic hydroxyl groups excluding tert-OH is 1. The molecule has 3 rings (SSSR count). The van der Waals surface area contributed by atoms with Crippen LogP contribution in [0.1, 0.15) is 19.5 Å². The third kappa shape index (κ3) is 5.52. The Morgan fingerprint density at radius 1 is 1.10 bits per heavy atom. The van der Waals surface area contributed by atoms with E-state index in [2.05, 4.69) is 15.3 Å². The van der Waals surface area contributed by atoms with Crippen LogP contribution in [0.3, 0.4) is 0 Å². The fraction of sp³-hybridized carbons (Fsp3) is 0.318. The second-order valence-electron chi connectivity index (χ2n) is 6.38. The third-order valence-corrected chi connectivity index (χ3v) is 4.21. The van der Waals surface area contributed by atoms with Gasteiger partial charge in [-0.25, -0.2) is 14.8 Å². The Balaban J connectivity index is 2.03. The van der Waals surface area contributed by atoms with Gasteiger partial charge in [0.1, 0.15) is 18.1 Å². The minimum absolute atomic E-state index is 0.0633. The van der Waals surface area contributed by atoms with Crippen LogP contribution in [0.5, 0.6) is 17.2 Å². The molecular formula is C22H25N3O6. The second-order valence-corrected chi connectivity index (χ2v) is 6.38. The lowest BCUT2D eigenvalue weighted by Gasteiger charge is -2.16. The van der Waals surface area contributed by atoms with Crippen LogP contribution in [-0.2, 0) is 4.74 Å². The molecule has 0 aliphatic rings. The molecule has 0 amide bonds. The molecule has 0 atom stereocenters. The lowest BCUT2D eigenvalue weighted by atomic mass is 10.2. The van der Waals surface area contributed by atoms with Crippen molar-refractivity contribution in [1.29, 1.82) is 0 Å². The predicted octanol–water partition coefficient (Wildman–Crippen LogP) is 3.99. The van der Waals surface area contributed by atoms with E-state index in [9.17, 15) is 4.79 Å². The van der Waals surface area contributed by atoms with Gasteiger partial charge in [0.05, 0.1) is 42.8 Å². The number of pyridine rings is 2. The number of carbonyl (C=O) groups excluding carboxylic acids is 1. The van der Waals surface area contributed by atoms with Gasteiger partial charge in [0.2, 0.25) is 0 Å². The maximum Gasteiger partial charge on any atom is 0.513 e. The summed E-state index contributed by atoms with van der Waals surface area (Å²) < 4.78 is 21.3. The van der Waals surface area contributed by atoms with E-state index in [4.69, 9.17) is 24.1 Å². The van der Waals surface area contributed by atoms with Crippen LogP contribution in [0.4, 0.5) is 16.2 Å². The van der Waals surface area contributed by atoms with Gasteiger partial charge in [0.25, 0.3) is 0 Å². The maximum atomic E-state index is 11.9. The van der Waals surface area contributed by atoms with Crippen molar-refractivity contribution in [3.05, 3.63) is 42.2 Å². The van der Waals surface area contributed by atoms with Gasteiger partial charge in [-0.1, -0.05) is 0 Å². The number of aliphatic hydroxyl groups is 1.